The van der Waals surface area contributed by atoms with E-state index in [0.29, 0.717) is 6.04 Å². The molecule has 2 saturated carbocycles. The van der Waals surface area contributed by atoms with Crippen LogP contribution in [0.3, 0.4) is 0 Å². The molecule has 94 valence electrons. The Balaban J connectivity index is 1.61. The lowest BCUT2D eigenvalue weighted by Gasteiger charge is -2.28. The fourth-order valence-corrected chi connectivity index (χ4v) is 3.04. The maximum absolute atomic E-state index is 4.47. The number of rotatable bonds is 4. The molecule has 2 fully saturated rings. The van der Waals surface area contributed by atoms with Crippen LogP contribution in [0.5, 0.6) is 0 Å². The van der Waals surface area contributed by atoms with Crippen molar-refractivity contribution in [3.8, 4) is 0 Å². The summed E-state index contributed by atoms with van der Waals surface area (Å²) in [6.45, 7) is 1.11. The number of nitrogens with zero attached hydrogens (tertiary/aromatic N) is 2. The minimum Gasteiger partial charge on any atom is -0.355 e. The van der Waals surface area contributed by atoms with Gasteiger partial charge in [-0.3, -0.25) is 0 Å². The first-order valence-electron chi connectivity index (χ1n) is 7.20. The predicted molar refractivity (Wildman–Crippen MR) is 70.2 cm³/mol. The Morgan fingerprint density at radius 1 is 1.12 bits per heavy atom. The van der Waals surface area contributed by atoms with Gasteiger partial charge in [-0.15, -0.1) is 0 Å². The van der Waals surface area contributed by atoms with Crippen LogP contribution < -0.4 is 5.32 Å². The average molecular weight is 233 g/mol. The molecule has 0 bridgehead atoms. The monoisotopic (exact) mass is 233 g/mol. The molecule has 0 amide bonds. The maximum Gasteiger partial charge on any atom is 0.203 e. The summed E-state index contributed by atoms with van der Waals surface area (Å²) in [4.78, 5) is 4.47. The van der Waals surface area contributed by atoms with Gasteiger partial charge in [0.05, 0.1) is 0 Å². The van der Waals surface area contributed by atoms with Gasteiger partial charge in [-0.2, -0.15) is 0 Å². The number of anilines is 1. The molecule has 0 atom stereocenters. The molecule has 1 heterocycles. The van der Waals surface area contributed by atoms with E-state index in [-0.39, 0.29) is 0 Å². The molecule has 0 radical (unpaired) electrons. The number of hydrogen-bond donors (Lipinski definition) is 1. The molecule has 0 spiro atoms. The molecule has 1 aromatic heterocycles. The molecule has 3 rings (SSSR count). The van der Waals surface area contributed by atoms with Crippen LogP contribution in [0.25, 0.3) is 0 Å². The number of hydrogen-bond acceptors (Lipinski definition) is 2. The normalized spacial score (nSPS) is 22.4. The van der Waals surface area contributed by atoms with E-state index in [1.165, 1.54) is 51.4 Å². The van der Waals surface area contributed by atoms with Crippen LogP contribution in [-0.4, -0.2) is 16.1 Å². The zero-order chi connectivity index (χ0) is 11.5. The van der Waals surface area contributed by atoms with E-state index in [1.54, 1.807) is 0 Å². The van der Waals surface area contributed by atoms with E-state index < -0.39 is 0 Å². The van der Waals surface area contributed by atoms with Gasteiger partial charge in [-0.25, -0.2) is 4.98 Å². The third-order valence-corrected chi connectivity index (χ3v) is 4.41. The SMILES string of the molecule is c1cn(C2CCCCC2)c(NCC2CCC2)n1. The van der Waals surface area contributed by atoms with Crippen molar-refractivity contribution in [3.05, 3.63) is 12.4 Å². The molecule has 2 aliphatic rings. The van der Waals surface area contributed by atoms with E-state index in [1.807, 2.05) is 6.20 Å². The van der Waals surface area contributed by atoms with Gasteiger partial charge >= 0.3 is 0 Å². The number of imidazole rings is 1. The Bertz CT molecular complexity index is 348. The van der Waals surface area contributed by atoms with Crippen molar-refractivity contribution in [2.24, 2.45) is 5.92 Å². The first kappa shape index (κ1) is 11.1. The first-order valence-corrected chi connectivity index (χ1v) is 7.20. The Labute approximate surface area is 104 Å². The summed E-state index contributed by atoms with van der Waals surface area (Å²) in [6.07, 6.45) is 15.1. The first-order chi connectivity index (χ1) is 8.43. The van der Waals surface area contributed by atoms with Crippen molar-refractivity contribution < 1.29 is 0 Å². The summed E-state index contributed by atoms with van der Waals surface area (Å²) >= 11 is 0. The van der Waals surface area contributed by atoms with Crippen molar-refractivity contribution in [1.29, 1.82) is 0 Å². The topological polar surface area (TPSA) is 29.9 Å². The van der Waals surface area contributed by atoms with Gasteiger partial charge in [0.2, 0.25) is 5.95 Å². The third-order valence-electron chi connectivity index (χ3n) is 4.41. The van der Waals surface area contributed by atoms with Crippen LogP contribution in [0.4, 0.5) is 5.95 Å². The van der Waals surface area contributed by atoms with Gasteiger partial charge < -0.3 is 9.88 Å². The van der Waals surface area contributed by atoms with Crippen LogP contribution in [0, 0.1) is 5.92 Å². The largest absolute Gasteiger partial charge is 0.355 e. The Hall–Kier alpha value is -0.990. The fourth-order valence-electron chi connectivity index (χ4n) is 3.04. The molecule has 1 N–H and O–H groups in total. The molecular formula is C14H23N3. The van der Waals surface area contributed by atoms with Gasteiger partial charge in [-0.05, 0) is 31.6 Å². The van der Waals surface area contributed by atoms with E-state index in [4.69, 9.17) is 0 Å². The second-order valence-electron chi connectivity index (χ2n) is 5.63. The lowest BCUT2D eigenvalue weighted by molar-refractivity contribution is 0.329. The number of aromatic nitrogens is 2. The summed E-state index contributed by atoms with van der Waals surface area (Å²) in [5.41, 5.74) is 0. The molecule has 1 aromatic rings. The second kappa shape index (κ2) is 5.11. The lowest BCUT2D eigenvalue weighted by Crippen LogP contribution is -2.23. The standard InChI is InChI=1S/C14H23N3/c1-2-7-13(8-3-1)17-10-9-15-14(17)16-11-12-5-4-6-12/h9-10,12-13H,1-8,11H2,(H,15,16). The van der Waals surface area contributed by atoms with Crippen molar-refractivity contribution in [3.63, 3.8) is 0 Å². The smallest absolute Gasteiger partial charge is 0.203 e. The molecule has 0 saturated heterocycles. The highest BCUT2D eigenvalue weighted by Crippen LogP contribution is 2.31. The van der Waals surface area contributed by atoms with Crippen molar-refractivity contribution in [1.82, 2.24) is 9.55 Å². The molecular weight excluding hydrogens is 210 g/mol. The van der Waals surface area contributed by atoms with Crippen molar-refractivity contribution >= 4 is 5.95 Å². The zero-order valence-corrected chi connectivity index (χ0v) is 10.6. The van der Waals surface area contributed by atoms with E-state index in [9.17, 15) is 0 Å². The summed E-state index contributed by atoms with van der Waals surface area (Å²) in [7, 11) is 0. The quantitative estimate of drug-likeness (QED) is 0.861. The summed E-state index contributed by atoms with van der Waals surface area (Å²) in [5, 5.41) is 3.54. The van der Waals surface area contributed by atoms with E-state index >= 15 is 0 Å². The lowest BCUT2D eigenvalue weighted by atomic mass is 9.85. The highest BCUT2D eigenvalue weighted by molar-refractivity contribution is 5.27. The van der Waals surface area contributed by atoms with Gasteiger partial charge in [0.1, 0.15) is 0 Å². The molecule has 0 unspecified atom stereocenters. The predicted octanol–water partition coefficient (Wildman–Crippen LogP) is 3.60. The van der Waals surface area contributed by atoms with Gasteiger partial charge in [0, 0.05) is 25.0 Å². The van der Waals surface area contributed by atoms with Gasteiger partial charge in [-0.1, -0.05) is 25.7 Å². The minimum atomic E-state index is 0.690. The highest BCUT2D eigenvalue weighted by atomic mass is 15.2. The van der Waals surface area contributed by atoms with E-state index in [2.05, 4.69) is 21.1 Å². The summed E-state index contributed by atoms with van der Waals surface area (Å²) in [6, 6.07) is 0.690. The Morgan fingerprint density at radius 2 is 1.94 bits per heavy atom. The molecule has 0 aliphatic heterocycles. The molecule has 3 nitrogen and oxygen atoms in total. The van der Waals surface area contributed by atoms with Crippen LogP contribution in [0.2, 0.25) is 0 Å². The molecule has 0 aromatic carbocycles. The maximum atomic E-state index is 4.47. The van der Waals surface area contributed by atoms with Crippen LogP contribution in [-0.2, 0) is 0 Å². The summed E-state index contributed by atoms with van der Waals surface area (Å²) < 4.78 is 2.37. The summed E-state index contributed by atoms with van der Waals surface area (Å²) in [5.74, 6) is 2.00. The fraction of sp³-hybridized carbons (Fsp3) is 0.786. The zero-order valence-electron chi connectivity index (χ0n) is 10.6. The van der Waals surface area contributed by atoms with Crippen LogP contribution in [0.15, 0.2) is 12.4 Å². The van der Waals surface area contributed by atoms with E-state index in [0.717, 1.165) is 18.4 Å². The average Bonchev–Trinajstić information content (AvgIpc) is 2.76. The number of nitrogens with one attached hydrogen (secondary N) is 1. The minimum absolute atomic E-state index is 0.690. The van der Waals surface area contributed by atoms with Crippen LogP contribution >= 0.6 is 0 Å². The second-order valence-corrected chi connectivity index (χ2v) is 5.63. The van der Waals surface area contributed by atoms with Gasteiger partial charge in [0.15, 0.2) is 0 Å². The van der Waals surface area contributed by atoms with Gasteiger partial charge in [0.25, 0.3) is 0 Å². The van der Waals surface area contributed by atoms with Crippen LogP contribution in [0.1, 0.15) is 57.4 Å². The van der Waals surface area contributed by atoms with Crippen molar-refractivity contribution in [2.45, 2.75) is 57.4 Å². The van der Waals surface area contributed by atoms with Crippen molar-refractivity contribution in [2.75, 3.05) is 11.9 Å². The highest BCUT2D eigenvalue weighted by Gasteiger charge is 2.20. The molecule has 17 heavy (non-hydrogen) atoms. The Morgan fingerprint density at radius 3 is 2.65 bits per heavy atom. The molecule has 3 heteroatoms. The molecule has 2 aliphatic carbocycles. The Kier molecular flexibility index (Phi) is 3.34. The third kappa shape index (κ3) is 2.48.